The lowest BCUT2D eigenvalue weighted by molar-refractivity contribution is 0.301. The molecule has 0 heterocycles. The molecule has 1 aliphatic carbocycles. The van der Waals surface area contributed by atoms with Crippen molar-refractivity contribution in [1.82, 2.24) is 5.32 Å². The average Bonchev–Trinajstić information content (AvgIpc) is 2.21. The molecule has 1 N–H and O–H groups in total. The summed E-state index contributed by atoms with van der Waals surface area (Å²) < 4.78 is 0. The van der Waals surface area contributed by atoms with Crippen molar-refractivity contribution in [2.24, 2.45) is 0 Å². The van der Waals surface area contributed by atoms with Gasteiger partial charge in [-0.25, -0.2) is 0 Å². The Morgan fingerprint density at radius 3 is 2.88 bits per heavy atom. The van der Waals surface area contributed by atoms with Crippen molar-refractivity contribution in [3.8, 4) is 11.8 Å². The first-order chi connectivity index (χ1) is 7.79. The number of rotatable bonds is 3. The first-order valence-electron chi connectivity index (χ1n) is 5.99. The van der Waals surface area contributed by atoms with Gasteiger partial charge < -0.3 is 5.32 Å². The maximum atomic E-state index is 3.46. The van der Waals surface area contributed by atoms with Gasteiger partial charge in [-0.05, 0) is 38.2 Å². The van der Waals surface area contributed by atoms with Gasteiger partial charge in [-0.3, -0.25) is 0 Å². The van der Waals surface area contributed by atoms with Gasteiger partial charge in [-0.1, -0.05) is 35.7 Å². The topological polar surface area (TPSA) is 12.0 Å². The Labute approximate surface area is 98.3 Å². The van der Waals surface area contributed by atoms with Crippen LogP contribution in [-0.2, 0) is 0 Å². The fourth-order valence-electron chi connectivity index (χ4n) is 2.26. The smallest absolute Gasteiger partial charge is 0.0578 e. The van der Waals surface area contributed by atoms with E-state index in [2.05, 4.69) is 48.3 Å². The van der Waals surface area contributed by atoms with E-state index in [-0.39, 0.29) is 0 Å². The lowest BCUT2D eigenvalue weighted by atomic mass is 9.75. The molecule has 0 unspecified atom stereocenters. The molecule has 1 heteroatoms. The second-order valence-electron chi connectivity index (χ2n) is 4.59. The first-order valence-corrected chi connectivity index (χ1v) is 5.99. The van der Waals surface area contributed by atoms with E-state index in [0.29, 0.717) is 6.04 Å². The van der Waals surface area contributed by atoms with Crippen LogP contribution in [0.2, 0.25) is 0 Å². The minimum Gasteiger partial charge on any atom is -0.303 e. The van der Waals surface area contributed by atoms with E-state index in [1.165, 1.54) is 24.0 Å². The fourth-order valence-corrected chi connectivity index (χ4v) is 2.26. The van der Waals surface area contributed by atoms with Crippen molar-refractivity contribution in [2.75, 3.05) is 6.54 Å². The van der Waals surface area contributed by atoms with E-state index >= 15 is 0 Å². The molecule has 1 fully saturated rings. The Hall–Kier alpha value is -1.26. The summed E-state index contributed by atoms with van der Waals surface area (Å²) in [6.45, 7) is 4.88. The molecule has 2 rings (SSSR count). The summed E-state index contributed by atoms with van der Waals surface area (Å²) in [7, 11) is 0. The van der Waals surface area contributed by atoms with Crippen LogP contribution in [-0.4, -0.2) is 12.6 Å². The molecule has 0 saturated heterocycles. The lowest BCUT2D eigenvalue weighted by Crippen LogP contribution is -2.40. The van der Waals surface area contributed by atoms with Gasteiger partial charge in [0.15, 0.2) is 0 Å². The number of hydrogen-bond acceptors (Lipinski definition) is 1. The highest BCUT2D eigenvalue weighted by Crippen LogP contribution is 2.36. The van der Waals surface area contributed by atoms with Crippen LogP contribution in [0.4, 0.5) is 0 Å². The van der Waals surface area contributed by atoms with Crippen molar-refractivity contribution in [2.45, 2.75) is 38.6 Å². The van der Waals surface area contributed by atoms with E-state index in [0.717, 1.165) is 12.5 Å². The summed E-state index contributed by atoms with van der Waals surface area (Å²) in [4.78, 5) is 0. The molecule has 1 aromatic rings. The normalized spacial score (nSPS) is 23.1. The third kappa shape index (κ3) is 2.65. The van der Waals surface area contributed by atoms with Gasteiger partial charge >= 0.3 is 0 Å². The zero-order valence-electron chi connectivity index (χ0n) is 10.1. The molecule has 1 aliphatic rings. The summed E-state index contributed by atoms with van der Waals surface area (Å²) in [5.74, 6) is 6.72. The number of aryl methyl sites for hydroxylation is 1. The van der Waals surface area contributed by atoms with Crippen molar-refractivity contribution < 1.29 is 0 Å². The van der Waals surface area contributed by atoms with Gasteiger partial charge in [-0.2, -0.15) is 0 Å². The van der Waals surface area contributed by atoms with Crippen LogP contribution in [0.25, 0.3) is 0 Å². The van der Waals surface area contributed by atoms with Crippen molar-refractivity contribution in [1.29, 1.82) is 0 Å². The third-order valence-corrected chi connectivity index (χ3v) is 3.31. The summed E-state index contributed by atoms with van der Waals surface area (Å²) in [6.07, 6.45) is 2.52. The molecule has 0 atom stereocenters. The minimum atomic E-state index is 0.673. The number of hydrogen-bond donors (Lipinski definition) is 1. The predicted octanol–water partition coefficient (Wildman–Crippen LogP) is 2.85. The number of benzene rings is 1. The van der Waals surface area contributed by atoms with E-state index in [1.54, 1.807) is 0 Å². The molecule has 16 heavy (non-hydrogen) atoms. The second-order valence-corrected chi connectivity index (χ2v) is 4.59. The molecular weight excluding hydrogens is 194 g/mol. The third-order valence-electron chi connectivity index (χ3n) is 3.31. The molecule has 1 nitrogen and oxygen atoms in total. The molecular formula is C15H19N. The van der Waals surface area contributed by atoms with Gasteiger partial charge in [0.05, 0.1) is 6.54 Å². The highest BCUT2D eigenvalue weighted by Gasteiger charge is 2.29. The number of nitrogens with one attached hydrogen (secondary N) is 1. The van der Waals surface area contributed by atoms with Crippen molar-refractivity contribution in [3.05, 3.63) is 35.4 Å². The summed E-state index contributed by atoms with van der Waals surface area (Å²) in [5, 5.41) is 3.46. The Morgan fingerprint density at radius 1 is 1.38 bits per heavy atom. The Bertz CT molecular complexity index is 405. The van der Waals surface area contributed by atoms with Gasteiger partial charge in [-0.15, -0.1) is 5.92 Å². The monoisotopic (exact) mass is 213 g/mol. The molecule has 0 aliphatic heterocycles. The first kappa shape index (κ1) is 11.2. The Kier molecular flexibility index (Phi) is 3.64. The predicted molar refractivity (Wildman–Crippen MR) is 68.4 cm³/mol. The average molecular weight is 213 g/mol. The minimum absolute atomic E-state index is 0.673. The van der Waals surface area contributed by atoms with Crippen LogP contribution < -0.4 is 5.32 Å². The Balaban J connectivity index is 1.81. The lowest BCUT2D eigenvalue weighted by Gasteiger charge is -2.36. The SMILES string of the molecule is CC#CCNC1CC(c2cccc(C)c2)C1. The maximum Gasteiger partial charge on any atom is 0.0578 e. The standard InChI is InChI=1S/C15H19N/c1-3-4-8-16-15-10-14(11-15)13-7-5-6-12(2)9-13/h5-7,9,14-16H,8,10-11H2,1-2H3. The van der Waals surface area contributed by atoms with Crippen molar-refractivity contribution in [3.63, 3.8) is 0 Å². The zero-order chi connectivity index (χ0) is 11.4. The molecule has 0 bridgehead atoms. The van der Waals surface area contributed by atoms with E-state index in [4.69, 9.17) is 0 Å². The molecule has 0 radical (unpaired) electrons. The quantitative estimate of drug-likeness (QED) is 0.761. The van der Waals surface area contributed by atoms with Gasteiger partial charge in [0.1, 0.15) is 0 Å². The molecule has 84 valence electrons. The van der Waals surface area contributed by atoms with Crippen LogP contribution in [0, 0.1) is 18.8 Å². The van der Waals surface area contributed by atoms with Crippen LogP contribution in [0.3, 0.4) is 0 Å². The van der Waals surface area contributed by atoms with E-state index < -0.39 is 0 Å². The summed E-state index contributed by atoms with van der Waals surface area (Å²) >= 11 is 0. The van der Waals surface area contributed by atoms with Gasteiger partial charge in [0.2, 0.25) is 0 Å². The van der Waals surface area contributed by atoms with Crippen LogP contribution in [0.1, 0.15) is 36.8 Å². The molecule has 1 saturated carbocycles. The second kappa shape index (κ2) is 5.18. The largest absolute Gasteiger partial charge is 0.303 e. The van der Waals surface area contributed by atoms with Crippen LogP contribution in [0.5, 0.6) is 0 Å². The van der Waals surface area contributed by atoms with E-state index in [1.807, 2.05) is 6.92 Å². The highest BCUT2D eigenvalue weighted by molar-refractivity contribution is 5.27. The maximum absolute atomic E-state index is 3.46. The van der Waals surface area contributed by atoms with E-state index in [9.17, 15) is 0 Å². The molecule has 0 aromatic heterocycles. The summed E-state index contributed by atoms with van der Waals surface area (Å²) in [6, 6.07) is 9.56. The van der Waals surface area contributed by atoms with Crippen molar-refractivity contribution >= 4 is 0 Å². The molecule has 1 aromatic carbocycles. The van der Waals surface area contributed by atoms with Gasteiger partial charge in [0.25, 0.3) is 0 Å². The summed E-state index contributed by atoms with van der Waals surface area (Å²) in [5.41, 5.74) is 2.87. The Morgan fingerprint density at radius 2 is 2.19 bits per heavy atom. The molecule has 0 spiro atoms. The van der Waals surface area contributed by atoms with Gasteiger partial charge in [0, 0.05) is 6.04 Å². The van der Waals surface area contributed by atoms with Crippen LogP contribution >= 0.6 is 0 Å². The molecule has 0 amide bonds. The fraction of sp³-hybridized carbons (Fsp3) is 0.467. The zero-order valence-corrected chi connectivity index (χ0v) is 10.1. The highest BCUT2D eigenvalue weighted by atomic mass is 14.9. The van der Waals surface area contributed by atoms with Crippen LogP contribution in [0.15, 0.2) is 24.3 Å².